The molecule has 1 aromatic heterocycles. The van der Waals surface area contributed by atoms with Gasteiger partial charge in [0.15, 0.2) is 5.82 Å². The number of nitrogens with zero attached hydrogens (tertiary/aromatic N) is 1. The molecular formula is C24H32F4N4O4S. The molecule has 37 heavy (non-hydrogen) atoms. The van der Waals surface area contributed by atoms with E-state index in [0.29, 0.717) is 0 Å². The Labute approximate surface area is 213 Å². The number of rotatable bonds is 8. The van der Waals surface area contributed by atoms with Crippen molar-refractivity contribution in [1.82, 2.24) is 15.6 Å². The average molecular weight is 549 g/mol. The number of carbonyl (C=O) groups is 1. The Bertz CT molecular complexity index is 1170. The van der Waals surface area contributed by atoms with E-state index in [-0.39, 0.29) is 84.5 Å². The molecule has 1 amide bonds. The molecule has 3 rings (SSSR count). The maximum atomic E-state index is 14.6. The summed E-state index contributed by atoms with van der Waals surface area (Å²) < 4.78 is 83.5. The van der Waals surface area contributed by atoms with E-state index in [9.17, 15) is 30.8 Å². The Morgan fingerprint density at radius 3 is 2.57 bits per heavy atom. The summed E-state index contributed by atoms with van der Waals surface area (Å²) >= 11 is 0. The molecule has 0 spiro atoms. The van der Waals surface area contributed by atoms with Crippen molar-refractivity contribution in [2.45, 2.75) is 70.6 Å². The van der Waals surface area contributed by atoms with Crippen molar-refractivity contribution in [3.63, 3.8) is 0 Å². The van der Waals surface area contributed by atoms with E-state index in [4.69, 9.17) is 10.1 Å². The number of hydrogen-bond donors (Lipinski definition) is 3. The zero-order chi connectivity index (χ0) is 27.6. The van der Waals surface area contributed by atoms with Gasteiger partial charge in [-0.25, -0.2) is 17.8 Å². The Morgan fingerprint density at radius 1 is 1.32 bits per heavy atom. The number of halogens is 4. The lowest BCUT2D eigenvalue weighted by molar-refractivity contribution is -0.149. The number of aromatic nitrogens is 1. The Kier molecular flexibility index (Phi) is 8.55. The van der Waals surface area contributed by atoms with Crippen LogP contribution >= 0.6 is 0 Å². The fraction of sp³-hybridized carbons (Fsp3) is 0.625. The number of pyridine rings is 1. The monoisotopic (exact) mass is 548 g/mol. The van der Waals surface area contributed by atoms with Crippen LogP contribution in [0.4, 0.5) is 17.6 Å². The largest absolute Gasteiger partial charge is 0.478 e. The smallest absolute Gasteiger partial charge is 0.408 e. The van der Waals surface area contributed by atoms with Crippen LogP contribution in [0.1, 0.15) is 58.4 Å². The molecule has 1 aliphatic heterocycles. The lowest BCUT2D eigenvalue weighted by Crippen LogP contribution is -2.53. The lowest BCUT2D eigenvalue weighted by Gasteiger charge is -2.37. The molecule has 206 valence electrons. The van der Waals surface area contributed by atoms with Crippen LogP contribution in [-0.2, 0) is 14.6 Å². The van der Waals surface area contributed by atoms with Gasteiger partial charge < -0.3 is 15.4 Å². The molecule has 0 bridgehead atoms. The SMILES string of the molecule is CCOc1cc(C(=N)C2=C(NC(C)C(F)(F)F)C[C@H](C(=O)NC3(C)CCS(=O)(=O)CC3)CC2)c(F)cn1. The number of nitrogens with one attached hydrogen (secondary N) is 3. The van der Waals surface area contributed by atoms with Gasteiger partial charge in [0, 0.05) is 28.8 Å². The summed E-state index contributed by atoms with van der Waals surface area (Å²) in [5.74, 6) is -1.92. The van der Waals surface area contributed by atoms with Crippen molar-refractivity contribution in [2.24, 2.45) is 5.92 Å². The predicted octanol–water partition coefficient (Wildman–Crippen LogP) is 3.67. The summed E-state index contributed by atoms with van der Waals surface area (Å²) in [5, 5.41) is 13.9. The molecule has 1 aromatic rings. The highest BCUT2D eigenvalue weighted by Crippen LogP contribution is 2.34. The minimum absolute atomic E-state index is 0.0479. The first-order chi connectivity index (χ1) is 17.1. The Morgan fingerprint density at radius 2 is 1.97 bits per heavy atom. The fourth-order valence-corrected chi connectivity index (χ4v) is 6.17. The molecule has 0 saturated carbocycles. The number of hydrogen-bond acceptors (Lipinski definition) is 7. The average Bonchev–Trinajstić information content (AvgIpc) is 2.81. The van der Waals surface area contributed by atoms with Gasteiger partial charge in [0.1, 0.15) is 15.9 Å². The van der Waals surface area contributed by atoms with Gasteiger partial charge in [-0.3, -0.25) is 10.2 Å². The maximum Gasteiger partial charge on any atom is 0.408 e. The first-order valence-electron chi connectivity index (χ1n) is 12.1. The van der Waals surface area contributed by atoms with Crippen LogP contribution in [0.2, 0.25) is 0 Å². The van der Waals surface area contributed by atoms with Crippen LogP contribution in [0.25, 0.3) is 0 Å². The van der Waals surface area contributed by atoms with Crippen molar-refractivity contribution in [3.8, 4) is 5.88 Å². The highest BCUT2D eigenvalue weighted by molar-refractivity contribution is 7.91. The third-order valence-electron chi connectivity index (χ3n) is 6.86. The van der Waals surface area contributed by atoms with Gasteiger partial charge in [0.2, 0.25) is 11.8 Å². The molecule has 8 nitrogen and oxygen atoms in total. The van der Waals surface area contributed by atoms with Gasteiger partial charge in [0.05, 0.1) is 30.0 Å². The molecule has 1 saturated heterocycles. The van der Waals surface area contributed by atoms with Crippen molar-refractivity contribution >= 4 is 21.5 Å². The van der Waals surface area contributed by atoms with Crippen molar-refractivity contribution < 1.29 is 35.5 Å². The zero-order valence-corrected chi connectivity index (χ0v) is 21.8. The third-order valence-corrected chi connectivity index (χ3v) is 8.51. The minimum atomic E-state index is -4.58. The van der Waals surface area contributed by atoms with Crippen LogP contribution in [0, 0.1) is 17.1 Å². The third kappa shape index (κ3) is 7.20. The van der Waals surface area contributed by atoms with Crippen LogP contribution in [0.15, 0.2) is 23.5 Å². The van der Waals surface area contributed by atoms with E-state index < -0.39 is 39.3 Å². The van der Waals surface area contributed by atoms with Gasteiger partial charge in [-0.1, -0.05) is 0 Å². The molecule has 2 atom stereocenters. The second-order valence-electron chi connectivity index (χ2n) is 9.82. The molecule has 1 unspecified atom stereocenters. The number of sulfone groups is 1. The predicted molar refractivity (Wildman–Crippen MR) is 130 cm³/mol. The van der Waals surface area contributed by atoms with E-state index in [1.54, 1.807) is 13.8 Å². The molecule has 1 aliphatic carbocycles. The molecule has 0 aromatic carbocycles. The number of ether oxygens (including phenoxy) is 1. The number of alkyl halides is 3. The molecule has 2 aliphatic rings. The van der Waals surface area contributed by atoms with E-state index in [2.05, 4.69) is 15.6 Å². The van der Waals surface area contributed by atoms with Gasteiger partial charge in [-0.15, -0.1) is 0 Å². The molecule has 2 heterocycles. The van der Waals surface area contributed by atoms with Crippen molar-refractivity contribution in [1.29, 1.82) is 5.41 Å². The van der Waals surface area contributed by atoms with Gasteiger partial charge in [0.25, 0.3) is 0 Å². The number of carbonyl (C=O) groups excluding carboxylic acids is 1. The summed E-state index contributed by atoms with van der Waals surface area (Å²) in [6, 6.07) is -0.732. The quantitative estimate of drug-likeness (QED) is 0.337. The van der Waals surface area contributed by atoms with Crippen LogP contribution in [0.3, 0.4) is 0 Å². The fourth-order valence-electron chi connectivity index (χ4n) is 4.44. The van der Waals surface area contributed by atoms with Crippen LogP contribution in [-0.4, -0.2) is 60.9 Å². The molecule has 1 fully saturated rings. The standard InChI is InChI=1S/C24H32F4N4O4S/c1-4-36-20-12-17(18(25)13-30-20)21(29)16-6-5-15(11-19(16)31-14(2)24(26,27)28)22(33)32-23(3)7-9-37(34,35)10-8-23/h12-15,29,31H,4-11H2,1-3H3,(H,32,33)/t14?,15-/m1/s1. The zero-order valence-electron chi connectivity index (χ0n) is 21.0. The summed E-state index contributed by atoms with van der Waals surface area (Å²) in [4.78, 5) is 16.9. The topological polar surface area (TPSA) is 121 Å². The summed E-state index contributed by atoms with van der Waals surface area (Å²) in [6.07, 6.45) is -3.00. The van der Waals surface area contributed by atoms with Crippen molar-refractivity contribution in [3.05, 3.63) is 34.9 Å². The molecule has 3 N–H and O–H groups in total. The van der Waals surface area contributed by atoms with E-state index in [1.807, 2.05) is 0 Å². The summed E-state index contributed by atoms with van der Waals surface area (Å²) in [6.45, 7) is 4.65. The summed E-state index contributed by atoms with van der Waals surface area (Å²) in [7, 11) is -3.15. The first-order valence-corrected chi connectivity index (χ1v) is 13.9. The number of amides is 1. The second kappa shape index (κ2) is 11.0. The van der Waals surface area contributed by atoms with Crippen LogP contribution in [0.5, 0.6) is 5.88 Å². The van der Waals surface area contributed by atoms with Crippen molar-refractivity contribution in [2.75, 3.05) is 18.1 Å². The lowest BCUT2D eigenvalue weighted by atomic mass is 9.82. The Balaban J connectivity index is 1.87. The second-order valence-corrected chi connectivity index (χ2v) is 12.1. The highest BCUT2D eigenvalue weighted by Gasteiger charge is 2.40. The van der Waals surface area contributed by atoms with E-state index >= 15 is 0 Å². The van der Waals surface area contributed by atoms with E-state index in [0.717, 1.165) is 13.1 Å². The van der Waals surface area contributed by atoms with Gasteiger partial charge in [-0.2, -0.15) is 13.2 Å². The minimum Gasteiger partial charge on any atom is -0.478 e. The molecule has 0 radical (unpaired) electrons. The molecule has 13 heteroatoms. The maximum absolute atomic E-state index is 14.6. The van der Waals surface area contributed by atoms with Gasteiger partial charge in [-0.05, 0) is 58.4 Å². The van der Waals surface area contributed by atoms with Gasteiger partial charge >= 0.3 is 6.18 Å². The molecular weight excluding hydrogens is 516 g/mol. The number of allylic oxidation sites excluding steroid dienone is 2. The normalized spacial score (nSPS) is 22.2. The highest BCUT2D eigenvalue weighted by atomic mass is 32.2. The van der Waals surface area contributed by atoms with E-state index in [1.165, 1.54) is 6.07 Å². The first kappa shape index (κ1) is 28.9. The van der Waals surface area contributed by atoms with Crippen LogP contribution < -0.4 is 15.4 Å². The summed E-state index contributed by atoms with van der Waals surface area (Å²) in [5.41, 5.74) is -0.969. The Hall–Kier alpha value is -2.70.